The molecule has 0 aromatic carbocycles. The van der Waals surface area contributed by atoms with Crippen LogP contribution in [0, 0.1) is 0 Å². The van der Waals surface area contributed by atoms with Gasteiger partial charge in [-0.3, -0.25) is 0 Å². The quantitative estimate of drug-likeness (QED) is 0.639. The van der Waals surface area contributed by atoms with Crippen LogP contribution in [0.1, 0.15) is 25.7 Å². The molecule has 0 radical (unpaired) electrons. The molecule has 0 bridgehead atoms. The number of rotatable bonds is 3. The molecule has 2 heteroatoms. The fourth-order valence-corrected chi connectivity index (χ4v) is 1.40. The Balaban J connectivity index is 2.16. The zero-order valence-corrected chi connectivity index (χ0v) is 7.27. The Hall–Kier alpha value is -0.500. The lowest BCUT2D eigenvalue weighted by molar-refractivity contribution is 0.493. The van der Waals surface area contributed by atoms with Gasteiger partial charge < -0.3 is 10.6 Å². The maximum atomic E-state index is 3.40. The highest BCUT2D eigenvalue weighted by Gasteiger charge is 2.06. The van der Waals surface area contributed by atoms with Crippen LogP contribution in [0.5, 0.6) is 0 Å². The van der Waals surface area contributed by atoms with Crippen molar-refractivity contribution in [1.82, 2.24) is 10.6 Å². The molecule has 1 atom stereocenters. The summed E-state index contributed by atoms with van der Waals surface area (Å²) in [6, 6.07) is 0.696. The van der Waals surface area contributed by atoms with Crippen molar-refractivity contribution in [1.29, 1.82) is 0 Å². The molecule has 2 nitrogen and oxygen atoms in total. The van der Waals surface area contributed by atoms with E-state index in [1.165, 1.54) is 25.7 Å². The van der Waals surface area contributed by atoms with E-state index in [9.17, 15) is 0 Å². The van der Waals surface area contributed by atoms with Crippen LogP contribution in [0.25, 0.3) is 0 Å². The average Bonchev–Trinajstić information content (AvgIpc) is 2.28. The number of hydrogen-bond acceptors (Lipinski definition) is 2. The van der Waals surface area contributed by atoms with Crippen LogP contribution < -0.4 is 10.6 Å². The number of nitrogens with one attached hydrogen (secondary N) is 2. The molecule has 1 aliphatic rings. The first-order valence-electron chi connectivity index (χ1n) is 4.49. The molecule has 1 heterocycles. The third-order valence-electron chi connectivity index (χ3n) is 2.12. The minimum atomic E-state index is 0.696. The molecular formula is C9H18N2. The molecule has 0 aliphatic carbocycles. The van der Waals surface area contributed by atoms with Gasteiger partial charge in [0.1, 0.15) is 0 Å². The predicted molar refractivity (Wildman–Crippen MR) is 48.5 cm³/mol. The summed E-state index contributed by atoms with van der Waals surface area (Å²) >= 11 is 0. The van der Waals surface area contributed by atoms with E-state index >= 15 is 0 Å². The Morgan fingerprint density at radius 2 is 2.55 bits per heavy atom. The van der Waals surface area contributed by atoms with Crippen molar-refractivity contribution < 1.29 is 0 Å². The van der Waals surface area contributed by atoms with Crippen LogP contribution in [-0.2, 0) is 0 Å². The highest BCUT2D eigenvalue weighted by Crippen LogP contribution is 2.08. The maximum absolute atomic E-state index is 3.40. The van der Waals surface area contributed by atoms with E-state index in [1.807, 2.05) is 7.05 Å². The van der Waals surface area contributed by atoms with Gasteiger partial charge in [-0.05, 0) is 45.5 Å². The summed E-state index contributed by atoms with van der Waals surface area (Å²) in [7, 11) is 2.01. The third-order valence-corrected chi connectivity index (χ3v) is 2.12. The first kappa shape index (κ1) is 8.60. The van der Waals surface area contributed by atoms with Gasteiger partial charge in [-0.25, -0.2) is 0 Å². The normalized spacial score (nSPS) is 24.3. The molecule has 64 valence electrons. The maximum Gasteiger partial charge on any atom is 0.0267 e. The van der Waals surface area contributed by atoms with Gasteiger partial charge in [-0.2, -0.15) is 0 Å². The molecular weight excluding hydrogens is 136 g/mol. The average molecular weight is 154 g/mol. The minimum absolute atomic E-state index is 0.696. The standard InChI is InChI=1S/C9H18N2/c1-10-8-6-9-5-3-2-4-7-11-9/h4,7,9-11H,2-3,5-6,8H2,1H3. The molecule has 1 unspecified atom stereocenters. The Labute approximate surface area is 69.1 Å². The summed E-state index contributed by atoms with van der Waals surface area (Å²) in [6.45, 7) is 1.12. The molecule has 1 aliphatic heterocycles. The summed E-state index contributed by atoms with van der Waals surface area (Å²) in [5.74, 6) is 0. The molecule has 0 amide bonds. The Morgan fingerprint density at radius 3 is 3.36 bits per heavy atom. The van der Waals surface area contributed by atoms with E-state index in [0.29, 0.717) is 6.04 Å². The van der Waals surface area contributed by atoms with Crippen LogP contribution in [-0.4, -0.2) is 19.6 Å². The molecule has 0 saturated heterocycles. The second-order valence-corrected chi connectivity index (χ2v) is 3.09. The van der Waals surface area contributed by atoms with Crippen molar-refractivity contribution in [2.45, 2.75) is 31.7 Å². The summed E-state index contributed by atoms with van der Waals surface area (Å²) in [6.07, 6.45) is 9.45. The van der Waals surface area contributed by atoms with Crippen molar-refractivity contribution in [3.8, 4) is 0 Å². The second-order valence-electron chi connectivity index (χ2n) is 3.09. The fraction of sp³-hybridized carbons (Fsp3) is 0.778. The molecule has 0 aromatic rings. The molecule has 0 aromatic heterocycles. The molecule has 2 N–H and O–H groups in total. The van der Waals surface area contributed by atoms with Crippen LogP contribution >= 0.6 is 0 Å². The molecule has 0 fully saturated rings. The van der Waals surface area contributed by atoms with E-state index in [1.54, 1.807) is 0 Å². The number of allylic oxidation sites excluding steroid dienone is 1. The van der Waals surface area contributed by atoms with Crippen LogP contribution in [0.3, 0.4) is 0 Å². The van der Waals surface area contributed by atoms with Gasteiger partial charge in [-0.15, -0.1) is 0 Å². The largest absolute Gasteiger partial charge is 0.388 e. The van der Waals surface area contributed by atoms with Crippen molar-refractivity contribution in [3.05, 3.63) is 12.3 Å². The third kappa shape index (κ3) is 3.42. The van der Waals surface area contributed by atoms with Crippen molar-refractivity contribution >= 4 is 0 Å². The lowest BCUT2D eigenvalue weighted by Crippen LogP contribution is -2.27. The van der Waals surface area contributed by atoms with Crippen molar-refractivity contribution in [3.63, 3.8) is 0 Å². The van der Waals surface area contributed by atoms with Gasteiger partial charge in [0.05, 0.1) is 0 Å². The van der Waals surface area contributed by atoms with Gasteiger partial charge in [0.15, 0.2) is 0 Å². The predicted octanol–water partition coefficient (Wildman–Crippen LogP) is 1.25. The molecule has 1 rings (SSSR count). The van der Waals surface area contributed by atoms with E-state index in [0.717, 1.165) is 6.54 Å². The van der Waals surface area contributed by atoms with E-state index < -0.39 is 0 Å². The van der Waals surface area contributed by atoms with E-state index in [4.69, 9.17) is 0 Å². The SMILES string of the molecule is CNCCC1CCCC=CN1. The van der Waals surface area contributed by atoms with E-state index in [2.05, 4.69) is 22.9 Å². The van der Waals surface area contributed by atoms with Crippen molar-refractivity contribution in [2.75, 3.05) is 13.6 Å². The van der Waals surface area contributed by atoms with Crippen molar-refractivity contribution in [2.24, 2.45) is 0 Å². The zero-order valence-electron chi connectivity index (χ0n) is 7.27. The molecule has 11 heavy (non-hydrogen) atoms. The van der Waals surface area contributed by atoms with Gasteiger partial charge >= 0.3 is 0 Å². The second kappa shape index (κ2) is 5.19. The lowest BCUT2D eigenvalue weighted by atomic mass is 10.1. The van der Waals surface area contributed by atoms with Gasteiger partial charge in [0.2, 0.25) is 0 Å². The molecule has 0 saturated carbocycles. The molecule has 0 spiro atoms. The lowest BCUT2D eigenvalue weighted by Gasteiger charge is -2.14. The fourth-order valence-electron chi connectivity index (χ4n) is 1.40. The topological polar surface area (TPSA) is 24.1 Å². The van der Waals surface area contributed by atoms with Crippen LogP contribution in [0.15, 0.2) is 12.3 Å². The summed E-state index contributed by atoms with van der Waals surface area (Å²) in [5, 5.41) is 6.57. The summed E-state index contributed by atoms with van der Waals surface area (Å²) < 4.78 is 0. The monoisotopic (exact) mass is 154 g/mol. The minimum Gasteiger partial charge on any atom is -0.388 e. The summed E-state index contributed by atoms with van der Waals surface area (Å²) in [5.41, 5.74) is 0. The highest BCUT2D eigenvalue weighted by atomic mass is 14.9. The van der Waals surface area contributed by atoms with Gasteiger partial charge in [-0.1, -0.05) is 6.08 Å². The Morgan fingerprint density at radius 1 is 1.64 bits per heavy atom. The zero-order chi connectivity index (χ0) is 7.94. The highest BCUT2D eigenvalue weighted by molar-refractivity contribution is 4.87. The first-order valence-corrected chi connectivity index (χ1v) is 4.49. The Bertz CT molecular complexity index is 121. The first-order chi connectivity index (χ1) is 5.43. The Kier molecular flexibility index (Phi) is 4.06. The smallest absolute Gasteiger partial charge is 0.0267 e. The number of hydrogen-bond donors (Lipinski definition) is 2. The van der Waals surface area contributed by atoms with Gasteiger partial charge in [0.25, 0.3) is 0 Å². The van der Waals surface area contributed by atoms with Gasteiger partial charge in [0, 0.05) is 6.04 Å². The van der Waals surface area contributed by atoms with E-state index in [-0.39, 0.29) is 0 Å². The van der Waals surface area contributed by atoms with Crippen LogP contribution in [0.4, 0.5) is 0 Å². The summed E-state index contributed by atoms with van der Waals surface area (Å²) in [4.78, 5) is 0. The van der Waals surface area contributed by atoms with Crippen LogP contribution in [0.2, 0.25) is 0 Å².